The van der Waals surface area contributed by atoms with E-state index in [-0.39, 0.29) is 0 Å². The van der Waals surface area contributed by atoms with Gasteiger partial charge in [-0.3, -0.25) is 0 Å². The molecule has 18 heavy (non-hydrogen) atoms. The van der Waals surface area contributed by atoms with E-state index < -0.39 is 14.1 Å². The summed E-state index contributed by atoms with van der Waals surface area (Å²) in [5.41, 5.74) is 0. The summed E-state index contributed by atoms with van der Waals surface area (Å²) in [6.07, 6.45) is 0. The topological polar surface area (TPSA) is 9.23 Å². The van der Waals surface area contributed by atoms with Crippen LogP contribution >= 0.6 is 0 Å². The zero-order valence-electron chi connectivity index (χ0n) is 14.9. The zero-order chi connectivity index (χ0) is 15.2. The molecule has 0 aliphatic carbocycles. The second-order valence-corrected chi connectivity index (χ2v) is 14.4. The van der Waals surface area contributed by atoms with E-state index in [1.54, 1.807) is 0 Å². The first-order chi connectivity index (χ1) is 7.78. The second kappa shape index (κ2) is 7.93. The van der Waals surface area contributed by atoms with E-state index in [0.29, 0.717) is 12.8 Å². The third-order valence-corrected chi connectivity index (χ3v) is 8.20. The van der Waals surface area contributed by atoms with E-state index in [4.69, 9.17) is 4.74 Å². The molecule has 110 valence electrons. The van der Waals surface area contributed by atoms with Crippen molar-refractivity contribution in [1.29, 1.82) is 0 Å². The first kappa shape index (κ1) is 20.8. The summed E-state index contributed by atoms with van der Waals surface area (Å²) < 4.78 is 6.41. The fourth-order valence-corrected chi connectivity index (χ4v) is 11.9. The molecule has 0 aliphatic rings. The summed E-state index contributed by atoms with van der Waals surface area (Å²) in [7, 11) is 0. The van der Waals surface area contributed by atoms with Gasteiger partial charge >= 0.3 is 0 Å². The lowest BCUT2D eigenvalue weighted by Gasteiger charge is -2.44. The third-order valence-electron chi connectivity index (χ3n) is 3.01. The Hall–Kier alpha value is 0.492. The van der Waals surface area contributed by atoms with Gasteiger partial charge in [-0.1, -0.05) is 75.1 Å². The number of hydrogen-bond acceptors (Lipinski definition) is 1. The molecule has 0 amide bonds. The van der Waals surface area contributed by atoms with Gasteiger partial charge < -0.3 is 4.74 Å². The maximum atomic E-state index is 4.83. The molecule has 0 N–H and O–H groups in total. The molecular formula is C16H37AlO. The highest BCUT2D eigenvalue weighted by Gasteiger charge is 2.48. The maximum absolute atomic E-state index is 4.83. The molecule has 0 heterocycles. The van der Waals surface area contributed by atoms with Gasteiger partial charge in [0, 0.05) is 13.2 Å². The summed E-state index contributed by atoms with van der Waals surface area (Å²) in [4.78, 5) is 0. The van der Waals surface area contributed by atoms with Gasteiger partial charge in [-0.05, 0) is 13.8 Å². The predicted octanol–water partition coefficient (Wildman–Crippen LogP) is 5.92. The van der Waals surface area contributed by atoms with E-state index in [2.05, 4.69) is 62.3 Å². The van der Waals surface area contributed by atoms with Crippen molar-refractivity contribution in [3.05, 3.63) is 0 Å². The fourth-order valence-electron chi connectivity index (χ4n) is 4.10. The summed E-state index contributed by atoms with van der Waals surface area (Å²) in [5, 5.41) is 0. The van der Waals surface area contributed by atoms with Gasteiger partial charge in [0.1, 0.15) is 0 Å². The quantitative estimate of drug-likeness (QED) is 0.566. The van der Waals surface area contributed by atoms with Crippen molar-refractivity contribution >= 4 is 14.1 Å². The van der Waals surface area contributed by atoms with E-state index >= 15 is 0 Å². The van der Waals surface area contributed by atoms with E-state index in [0.717, 1.165) is 13.2 Å². The lowest BCUT2D eigenvalue weighted by atomic mass is 10.2. The average Bonchev–Trinajstić information content (AvgIpc) is 1.96. The van der Waals surface area contributed by atoms with Crippen LogP contribution < -0.4 is 0 Å². The van der Waals surface area contributed by atoms with Crippen molar-refractivity contribution in [3.63, 3.8) is 0 Å². The zero-order valence-corrected chi connectivity index (χ0v) is 16.1. The van der Waals surface area contributed by atoms with Gasteiger partial charge in [-0.25, -0.2) is 0 Å². The number of hydrogen-bond donors (Lipinski definition) is 0. The lowest BCUT2D eigenvalue weighted by Crippen LogP contribution is -2.42. The molecule has 0 aromatic carbocycles. The van der Waals surface area contributed by atoms with Crippen LogP contribution in [0.1, 0.15) is 76.2 Å². The SMILES string of the molecule is CCOCC.C[C](C)(C)[Al]([C](C)(C)C)[C](C)(C)C. The minimum Gasteiger partial charge on any atom is -0.382 e. The van der Waals surface area contributed by atoms with Crippen molar-refractivity contribution in [3.8, 4) is 0 Å². The largest absolute Gasteiger partial charge is 0.382 e. The molecule has 0 rings (SSSR count). The van der Waals surface area contributed by atoms with Gasteiger partial charge in [-0.15, -0.1) is 0 Å². The van der Waals surface area contributed by atoms with Crippen LogP contribution in [-0.2, 0) is 4.74 Å². The normalized spacial score (nSPS) is 12.8. The minimum atomic E-state index is -0.799. The molecule has 1 nitrogen and oxygen atoms in total. The molecule has 0 aromatic rings. The van der Waals surface area contributed by atoms with Gasteiger partial charge in [0.05, 0.1) is 0 Å². The smallest absolute Gasteiger partial charge is 0.279 e. The van der Waals surface area contributed by atoms with Crippen LogP contribution in [0.2, 0.25) is 12.8 Å². The fraction of sp³-hybridized carbons (Fsp3) is 1.00. The Labute approximate surface area is 121 Å². The molecule has 0 radical (unpaired) electrons. The van der Waals surface area contributed by atoms with Crippen molar-refractivity contribution in [2.75, 3.05) is 13.2 Å². The summed E-state index contributed by atoms with van der Waals surface area (Å²) >= 11 is -0.799. The molecule has 0 saturated heterocycles. The van der Waals surface area contributed by atoms with E-state index in [9.17, 15) is 0 Å². The molecule has 2 heteroatoms. The van der Waals surface area contributed by atoms with Crippen LogP contribution in [-0.4, -0.2) is 27.4 Å². The first-order valence-electron chi connectivity index (χ1n) is 7.36. The molecule has 0 bridgehead atoms. The number of rotatable bonds is 2. The van der Waals surface area contributed by atoms with Crippen molar-refractivity contribution in [1.82, 2.24) is 0 Å². The molecule has 0 saturated carbocycles. The van der Waals surface area contributed by atoms with Gasteiger partial charge in [-0.2, -0.15) is 0 Å². The molecule has 0 aromatic heterocycles. The predicted molar refractivity (Wildman–Crippen MR) is 87.1 cm³/mol. The molecule has 0 aliphatic heterocycles. The molecule has 0 fully saturated rings. The van der Waals surface area contributed by atoms with Crippen LogP contribution in [0.25, 0.3) is 0 Å². The van der Waals surface area contributed by atoms with Crippen LogP contribution in [0.5, 0.6) is 0 Å². The molecule has 0 atom stereocenters. The van der Waals surface area contributed by atoms with Crippen molar-refractivity contribution in [2.24, 2.45) is 0 Å². The molecule has 0 unspecified atom stereocenters. The average molecular weight is 272 g/mol. The van der Waals surface area contributed by atoms with Gasteiger partial charge in [0.15, 0.2) is 0 Å². The molecular weight excluding hydrogens is 235 g/mol. The lowest BCUT2D eigenvalue weighted by molar-refractivity contribution is 0.162. The van der Waals surface area contributed by atoms with Crippen LogP contribution in [0.3, 0.4) is 0 Å². The van der Waals surface area contributed by atoms with Crippen LogP contribution in [0.4, 0.5) is 0 Å². The van der Waals surface area contributed by atoms with Crippen molar-refractivity contribution < 1.29 is 4.74 Å². The van der Waals surface area contributed by atoms with Crippen LogP contribution in [0, 0.1) is 0 Å². The third kappa shape index (κ3) is 9.43. The summed E-state index contributed by atoms with van der Waals surface area (Å²) in [6.45, 7) is 27.4. The Morgan fingerprint density at radius 2 is 0.833 bits per heavy atom. The maximum Gasteiger partial charge on any atom is 0.279 e. The van der Waals surface area contributed by atoms with Gasteiger partial charge in [0.2, 0.25) is 0 Å². The highest BCUT2D eigenvalue weighted by atomic mass is 27.2. The van der Waals surface area contributed by atoms with Crippen LogP contribution in [0.15, 0.2) is 0 Å². The summed E-state index contributed by atoms with van der Waals surface area (Å²) in [5.74, 6) is 0. The van der Waals surface area contributed by atoms with E-state index in [1.807, 2.05) is 13.8 Å². The Balaban J connectivity index is 0. The Bertz CT molecular complexity index is 167. The Morgan fingerprint density at radius 1 is 0.611 bits per heavy atom. The van der Waals surface area contributed by atoms with Crippen molar-refractivity contribution in [2.45, 2.75) is 89.0 Å². The molecule has 0 spiro atoms. The highest BCUT2D eigenvalue weighted by molar-refractivity contribution is 6.68. The highest BCUT2D eigenvalue weighted by Crippen LogP contribution is 2.52. The monoisotopic (exact) mass is 272 g/mol. The van der Waals surface area contributed by atoms with Gasteiger partial charge in [0.25, 0.3) is 14.1 Å². The first-order valence-corrected chi connectivity index (χ1v) is 9.09. The Morgan fingerprint density at radius 3 is 0.833 bits per heavy atom. The minimum absolute atomic E-state index is 0.524. The summed E-state index contributed by atoms with van der Waals surface area (Å²) in [6, 6.07) is 0. The second-order valence-electron chi connectivity index (χ2n) is 8.31. The number of ether oxygens (including phenoxy) is 1. The van der Waals surface area contributed by atoms with E-state index in [1.165, 1.54) is 0 Å². The standard InChI is InChI=1S/C4H10O.3C4H9.Al/c1-3-5-4-2;3*1-4(2)3;/h3-4H2,1-2H3;3*1-3H3;. The Kier molecular flexibility index (Phi) is 9.17.